The SMILES string of the molecule is CC(C)(C)N1CCCCC1.COc1ccc(CCN2CCC(CC(C)(C)C)CC2)cc1. The van der Waals surface area contributed by atoms with Gasteiger partial charge in [0.05, 0.1) is 7.11 Å². The Morgan fingerprint density at radius 1 is 0.839 bits per heavy atom. The van der Waals surface area contributed by atoms with E-state index < -0.39 is 0 Å². The van der Waals surface area contributed by atoms with Crippen molar-refractivity contribution in [2.75, 3.05) is 39.8 Å². The highest BCUT2D eigenvalue weighted by molar-refractivity contribution is 5.27. The quantitative estimate of drug-likeness (QED) is 0.519. The smallest absolute Gasteiger partial charge is 0.118 e. The predicted octanol–water partition coefficient (Wildman–Crippen LogP) is 6.66. The number of likely N-dealkylation sites (tertiary alicyclic amines) is 2. The summed E-state index contributed by atoms with van der Waals surface area (Å²) in [4.78, 5) is 5.21. The van der Waals surface area contributed by atoms with Crippen molar-refractivity contribution in [2.24, 2.45) is 11.3 Å². The summed E-state index contributed by atoms with van der Waals surface area (Å²) in [6.45, 7) is 20.4. The van der Waals surface area contributed by atoms with E-state index in [4.69, 9.17) is 4.74 Å². The maximum Gasteiger partial charge on any atom is 0.118 e. The maximum atomic E-state index is 5.20. The lowest BCUT2D eigenvalue weighted by molar-refractivity contribution is 0.111. The van der Waals surface area contributed by atoms with E-state index in [0.717, 1.165) is 18.1 Å². The van der Waals surface area contributed by atoms with E-state index >= 15 is 0 Å². The van der Waals surface area contributed by atoms with E-state index in [0.29, 0.717) is 11.0 Å². The van der Waals surface area contributed by atoms with Crippen molar-refractivity contribution in [2.45, 2.75) is 92.0 Å². The number of benzene rings is 1. The fourth-order valence-corrected chi connectivity index (χ4v) is 4.92. The van der Waals surface area contributed by atoms with Crippen molar-refractivity contribution >= 4 is 0 Å². The van der Waals surface area contributed by atoms with Crippen LogP contribution in [0.25, 0.3) is 0 Å². The van der Waals surface area contributed by atoms with E-state index in [1.54, 1.807) is 7.11 Å². The van der Waals surface area contributed by atoms with E-state index in [-0.39, 0.29) is 0 Å². The normalized spacial score (nSPS) is 19.6. The molecule has 2 aliphatic rings. The lowest BCUT2D eigenvalue weighted by Gasteiger charge is -2.38. The van der Waals surface area contributed by atoms with Crippen molar-refractivity contribution in [1.29, 1.82) is 0 Å². The molecule has 0 spiro atoms. The van der Waals surface area contributed by atoms with Crippen molar-refractivity contribution in [3.8, 4) is 5.75 Å². The number of methoxy groups -OCH3 is 1. The molecule has 1 aromatic carbocycles. The Bertz CT molecular complexity index is 597. The van der Waals surface area contributed by atoms with Crippen LogP contribution in [0.15, 0.2) is 24.3 Å². The first-order chi connectivity index (χ1) is 14.6. The van der Waals surface area contributed by atoms with Gasteiger partial charge in [-0.05, 0) is 115 Å². The zero-order valence-corrected chi connectivity index (χ0v) is 21.7. The highest BCUT2D eigenvalue weighted by atomic mass is 16.5. The molecule has 0 bridgehead atoms. The van der Waals surface area contributed by atoms with Gasteiger partial charge in [0.15, 0.2) is 0 Å². The molecule has 3 heteroatoms. The van der Waals surface area contributed by atoms with Gasteiger partial charge in [-0.25, -0.2) is 0 Å². The van der Waals surface area contributed by atoms with E-state index in [2.05, 4.69) is 75.6 Å². The minimum Gasteiger partial charge on any atom is -0.497 e. The average molecular weight is 431 g/mol. The van der Waals surface area contributed by atoms with Crippen molar-refractivity contribution in [3.63, 3.8) is 0 Å². The number of hydrogen-bond acceptors (Lipinski definition) is 3. The first kappa shape index (κ1) is 26.2. The second-order valence-corrected chi connectivity index (χ2v) is 11.9. The Morgan fingerprint density at radius 3 is 1.87 bits per heavy atom. The molecule has 178 valence electrons. The van der Waals surface area contributed by atoms with E-state index in [1.807, 2.05) is 0 Å². The Kier molecular flexibility index (Phi) is 10.4. The fourth-order valence-electron chi connectivity index (χ4n) is 4.92. The van der Waals surface area contributed by atoms with Gasteiger partial charge in [0.1, 0.15) is 5.75 Å². The molecule has 0 aliphatic carbocycles. The van der Waals surface area contributed by atoms with Gasteiger partial charge in [-0.1, -0.05) is 39.3 Å². The van der Waals surface area contributed by atoms with E-state index in [9.17, 15) is 0 Å². The summed E-state index contributed by atoms with van der Waals surface area (Å²) in [5.41, 5.74) is 2.30. The molecule has 0 N–H and O–H groups in total. The van der Waals surface area contributed by atoms with E-state index in [1.165, 1.54) is 76.8 Å². The molecule has 2 saturated heterocycles. The molecule has 1 aromatic rings. The van der Waals surface area contributed by atoms with Crippen LogP contribution in [0.1, 0.15) is 85.6 Å². The molecule has 2 fully saturated rings. The third kappa shape index (κ3) is 10.4. The number of rotatable bonds is 5. The summed E-state index contributed by atoms with van der Waals surface area (Å²) in [5.74, 6) is 1.88. The molecule has 3 rings (SSSR count). The molecule has 0 radical (unpaired) electrons. The summed E-state index contributed by atoms with van der Waals surface area (Å²) in [6.07, 6.45) is 9.51. The molecule has 0 aromatic heterocycles. The van der Waals surface area contributed by atoms with Gasteiger partial charge in [-0.2, -0.15) is 0 Å². The number of piperidine rings is 2. The Hall–Kier alpha value is -1.06. The number of ether oxygens (including phenoxy) is 1. The third-order valence-corrected chi connectivity index (χ3v) is 6.79. The zero-order valence-electron chi connectivity index (χ0n) is 21.7. The van der Waals surface area contributed by atoms with Gasteiger partial charge in [-0.15, -0.1) is 0 Å². The molecular formula is C28H50N2O. The number of hydrogen-bond donors (Lipinski definition) is 0. The van der Waals surface area contributed by atoms with Crippen LogP contribution in [-0.2, 0) is 6.42 Å². The minimum absolute atomic E-state index is 0.403. The second-order valence-electron chi connectivity index (χ2n) is 11.9. The standard InChI is InChI=1S/C19H31NO.C9H19N/c1-19(2,3)15-17-10-13-20(14-11-17)12-9-16-5-7-18(21-4)8-6-16;1-9(2,3)10-7-5-4-6-8-10/h5-8,17H,9-15H2,1-4H3;4-8H2,1-3H3. The van der Waals surface area contributed by atoms with Crippen LogP contribution < -0.4 is 4.74 Å². The predicted molar refractivity (Wildman–Crippen MR) is 135 cm³/mol. The number of nitrogens with zero attached hydrogens (tertiary/aromatic N) is 2. The van der Waals surface area contributed by atoms with Gasteiger partial charge in [0.25, 0.3) is 0 Å². The summed E-state index contributed by atoms with van der Waals surface area (Å²) >= 11 is 0. The summed E-state index contributed by atoms with van der Waals surface area (Å²) in [6, 6.07) is 8.49. The summed E-state index contributed by atoms with van der Waals surface area (Å²) in [7, 11) is 1.72. The van der Waals surface area contributed by atoms with Gasteiger partial charge in [0.2, 0.25) is 0 Å². The molecule has 31 heavy (non-hydrogen) atoms. The van der Waals surface area contributed by atoms with Crippen LogP contribution in [-0.4, -0.2) is 55.2 Å². The maximum absolute atomic E-state index is 5.20. The lowest BCUT2D eigenvalue weighted by atomic mass is 9.80. The molecule has 0 amide bonds. The molecule has 0 unspecified atom stereocenters. The molecule has 0 saturated carbocycles. The van der Waals surface area contributed by atoms with Crippen LogP contribution in [0.5, 0.6) is 5.75 Å². The third-order valence-electron chi connectivity index (χ3n) is 6.79. The van der Waals surface area contributed by atoms with Crippen LogP contribution in [0.2, 0.25) is 0 Å². The minimum atomic E-state index is 0.403. The van der Waals surface area contributed by atoms with Crippen molar-refractivity contribution in [1.82, 2.24) is 9.80 Å². The monoisotopic (exact) mass is 430 g/mol. The topological polar surface area (TPSA) is 15.7 Å². The second kappa shape index (κ2) is 12.3. The molecule has 3 nitrogen and oxygen atoms in total. The Balaban J connectivity index is 0.000000285. The summed E-state index contributed by atoms with van der Waals surface area (Å²) in [5, 5.41) is 0. The molecule has 0 atom stereocenters. The molecule has 2 aliphatic heterocycles. The highest BCUT2D eigenvalue weighted by Crippen LogP contribution is 2.30. The Labute approximate surface area is 193 Å². The van der Waals surface area contributed by atoms with Crippen LogP contribution >= 0.6 is 0 Å². The largest absolute Gasteiger partial charge is 0.497 e. The van der Waals surface area contributed by atoms with Gasteiger partial charge in [0, 0.05) is 12.1 Å². The fraction of sp³-hybridized carbons (Fsp3) is 0.786. The van der Waals surface area contributed by atoms with Crippen LogP contribution in [0, 0.1) is 11.3 Å². The molecule has 2 heterocycles. The van der Waals surface area contributed by atoms with Gasteiger partial charge >= 0.3 is 0 Å². The van der Waals surface area contributed by atoms with Gasteiger partial charge < -0.3 is 9.64 Å². The lowest BCUT2D eigenvalue weighted by Crippen LogP contribution is -2.44. The average Bonchev–Trinajstić information content (AvgIpc) is 2.73. The van der Waals surface area contributed by atoms with Gasteiger partial charge in [-0.3, -0.25) is 4.90 Å². The summed E-state index contributed by atoms with van der Waals surface area (Å²) < 4.78 is 5.20. The highest BCUT2D eigenvalue weighted by Gasteiger charge is 2.24. The van der Waals surface area contributed by atoms with Crippen LogP contribution in [0.4, 0.5) is 0 Å². The Morgan fingerprint density at radius 2 is 1.42 bits per heavy atom. The molecular weight excluding hydrogens is 380 g/mol. The zero-order chi connectivity index (χ0) is 22.9. The van der Waals surface area contributed by atoms with Crippen LogP contribution in [0.3, 0.4) is 0 Å². The first-order valence-corrected chi connectivity index (χ1v) is 12.7. The van der Waals surface area contributed by atoms with Crippen molar-refractivity contribution < 1.29 is 4.74 Å². The van der Waals surface area contributed by atoms with Crippen molar-refractivity contribution in [3.05, 3.63) is 29.8 Å². The first-order valence-electron chi connectivity index (χ1n) is 12.7.